The maximum Gasteiger partial charge on any atom is -0.0279 e. The van der Waals surface area contributed by atoms with Gasteiger partial charge in [-0.3, -0.25) is 0 Å². The van der Waals surface area contributed by atoms with Crippen LogP contribution in [0.1, 0.15) is 29.2 Å². The Morgan fingerprint density at radius 1 is 0.610 bits per heavy atom. The van der Waals surface area contributed by atoms with Gasteiger partial charge in [-0.05, 0) is 31.4 Å². The zero-order valence-corrected chi connectivity index (χ0v) is 29.8. The second kappa shape index (κ2) is 16.4. The van der Waals surface area contributed by atoms with E-state index in [9.17, 15) is 0 Å². The summed E-state index contributed by atoms with van der Waals surface area (Å²) < 4.78 is 0. The van der Waals surface area contributed by atoms with Crippen molar-refractivity contribution in [3.05, 3.63) is 131 Å². The molecule has 41 heavy (non-hydrogen) atoms. The quantitative estimate of drug-likeness (QED) is 0.189. The molecule has 0 fully saturated rings. The van der Waals surface area contributed by atoms with Gasteiger partial charge in [0.05, 0.1) is 0 Å². The van der Waals surface area contributed by atoms with E-state index in [1.807, 2.05) is 0 Å². The van der Waals surface area contributed by atoms with Crippen LogP contribution in [0, 0.1) is 20.8 Å². The molecule has 0 unspecified atom stereocenters. The predicted octanol–water partition coefficient (Wildman–Crippen LogP) is 4.73. The van der Waals surface area contributed by atoms with Crippen molar-refractivity contribution in [3.63, 3.8) is 0 Å². The van der Waals surface area contributed by atoms with Crippen LogP contribution in [0.5, 0.6) is 0 Å². The molecule has 0 aliphatic heterocycles. The minimum Gasteiger partial charge on any atom is -1.00 e. The molecule has 6 aromatic carbocycles. The maximum absolute atomic E-state index is 2.32. The first-order chi connectivity index (χ1) is 18.7. The van der Waals surface area contributed by atoms with Crippen molar-refractivity contribution in [2.24, 2.45) is 0 Å². The minimum absolute atomic E-state index is 0. The molecule has 6 aromatic rings. The van der Waals surface area contributed by atoms with Gasteiger partial charge in [-0.2, -0.15) is 12.1 Å². The van der Waals surface area contributed by atoms with Gasteiger partial charge in [-0.1, -0.05) is 96.8 Å². The van der Waals surface area contributed by atoms with Crippen LogP contribution in [-0.4, -0.2) is 5.43 Å². The number of halogens is 2. The molecule has 4 heteroatoms. The van der Waals surface area contributed by atoms with Crippen molar-refractivity contribution in [3.8, 4) is 22.3 Å². The van der Waals surface area contributed by atoms with Crippen molar-refractivity contribution in [1.82, 2.24) is 0 Å². The molecule has 0 atom stereocenters. The van der Waals surface area contributed by atoms with Crippen LogP contribution in [0.4, 0.5) is 0 Å². The molecule has 210 valence electrons. The van der Waals surface area contributed by atoms with Gasteiger partial charge in [0.25, 0.3) is 0 Å². The number of rotatable bonds is 3. The molecule has 0 heterocycles. The third-order valence-corrected chi connectivity index (χ3v) is 6.84. The summed E-state index contributed by atoms with van der Waals surface area (Å²) in [5, 5.41) is 5.41. The fourth-order valence-corrected chi connectivity index (χ4v) is 4.86. The largest absolute Gasteiger partial charge is 1.00 e. The first-order valence-electron chi connectivity index (χ1n) is 13.8. The van der Waals surface area contributed by atoms with E-state index in [2.05, 4.69) is 150 Å². The summed E-state index contributed by atoms with van der Waals surface area (Å²) in [5.41, 5.74) is 10.8. The number of benzene rings is 4. The summed E-state index contributed by atoms with van der Waals surface area (Å²) in [7, 11) is 0. The zero-order chi connectivity index (χ0) is 27.9. The van der Waals surface area contributed by atoms with Crippen LogP contribution in [0.3, 0.4) is 0 Å². The average Bonchev–Trinajstić information content (AvgIpc) is 3.52. The summed E-state index contributed by atoms with van der Waals surface area (Å²) in [6.45, 7) is 13.2. The standard InChI is InChI=1S/C18H17.C17H15.C2H6Si.2ClH.Zr/c1-3-14-11-16-5-4-6-17(18(16)12-14)15-9-7-13(2)8-10-15;1-12-6-8-14(9-7-12)16-5-3-4-15-10-13(2)11-17(15)16;1-3-2;;;/h4-12H,3H2,1-2H3;3-11H,1-2H3;1-2H3;2*1H;/q2*-1;;;;+2/p-2. The Balaban J connectivity index is 0.000000244. The smallest absolute Gasteiger partial charge is 0.0279 e. The van der Waals surface area contributed by atoms with E-state index in [0.29, 0.717) is 0 Å². The molecular formula is C37H38Cl2SiZr-2. The van der Waals surface area contributed by atoms with E-state index in [0.717, 1.165) is 6.42 Å². The van der Waals surface area contributed by atoms with Crippen molar-refractivity contribution in [2.45, 2.75) is 47.2 Å². The topological polar surface area (TPSA) is 0 Å². The van der Waals surface area contributed by atoms with Crippen molar-refractivity contribution in [2.75, 3.05) is 0 Å². The number of hydrogen-bond acceptors (Lipinski definition) is 0. The van der Waals surface area contributed by atoms with E-state index < -0.39 is 0 Å². The van der Waals surface area contributed by atoms with Gasteiger partial charge >= 0.3 is 41.9 Å². The monoisotopic (exact) mass is 670 g/mol. The summed E-state index contributed by atoms with van der Waals surface area (Å²) >= 11 is 1.74. The van der Waals surface area contributed by atoms with Gasteiger partial charge in [0.15, 0.2) is 0 Å². The summed E-state index contributed by atoms with van der Waals surface area (Å²) in [5.74, 6) is 0. The molecule has 0 aliphatic rings. The fourth-order valence-electron chi connectivity index (χ4n) is 4.86. The van der Waals surface area contributed by atoms with Crippen LogP contribution in [0.2, 0.25) is 13.1 Å². The molecule has 0 radical (unpaired) electrons. The van der Waals surface area contributed by atoms with Crippen LogP contribution in [0.15, 0.2) is 109 Å². The molecule has 0 nitrogen and oxygen atoms in total. The molecule has 0 spiro atoms. The zero-order valence-electron chi connectivity index (χ0n) is 24.9. The van der Waals surface area contributed by atoms with Gasteiger partial charge in [-0.25, -0.2) is 0 Å². The molecule has 0 aromatic heterocycles. The molecule has 0 amide bonds. The van der Waals surface area contributed by atoms with E-state index in [1.165, 1.54) is 66.1 Å². The van der Waals surface area contributed by atoms with Gasteiger partial charge in [0.2, 0.25) is 0 Å². The maximum atomic E-state index is 2.32. The van der Waals surface area contributed by atoms with Crippen LogP contribution >= 0.6 is 0 Å². The van der Waals surface area contributed by atoms with Crippen molar-refractivity contribution < 1.29 is 48.1 Å². The van der Waals surface area contributed by atoms with Crippen LogP contribution < -0.4 is 24.8 Å². The normalized spacial score (nSPS) is 10.0. The minimum atomic E-state index is 0. The van der Waals surface area contributed by atoms with Crippen molar-refractivity contribution in [1.29, 1.82) is 0 Å². The summed E-state index contributed by atoms with van der Waals surface area (Å²) in [4.78, 5) is 0. The predicted molar refractivity (Wildman–Crippen MR) is 171 cm³/mol. The van der Waals surface area contributed by atoms with E-state index in [-0.39, 0.29) is 30.2 Å². The van der Waals surface area contributed by atoms with E-state index in [1.54, 1.807) is 23.3 Å². The Bertz CT molecular complexity index is 1690. The Labute approximate surface area is 274 Å². The fraction of sp³-hybridized carbons (Fsp3) is 0.189. The number of fused-ring (bicyclic) bond motifs is 2. The van der Waals surface area contributed by atoms with E-state index in [4.69, 9.17) is 0 Å². The average molecular weight is 673 g/mol. The van der Waals surface area contributed by atoms with Gasteiger partial charge < -0.3 is 24.8 Å². The molecule has 0 N–H and O–H groups in total. The van der Waals surface area contributed by atoms with Gasteiger partial charge in [-0.15, -0.1) is 69.1 Å². The van der Waals surface area contributed by atoms with Crippen molar-refractivity contribution >= 4 is 27.0 Å². The first-order valence-corrected chi connectivity index (χ1v) is 19.9. The Hall–Kier alpha value is -2.22. The molecular weight excluding hydrogens is 635 g/mol. The number of aryl methyl sites for hydroxylation is 4. The molecule has 0 aliphatic carbocycles. The third-order valence-electron chi connectivity index (χ3n) is 6.84. The molecule has 0 saturated carbocycles. The Morgan fingerprint density at radius 3 is 1.46 bits per heavy atom. The van der Waals surface area contributed by atoms with Crippen LogP contribution in [-0.2, 0) is 29.8 Å². The SMILES string of the molecule is CCc1cc2c(-c3ccc(C)cc3)cccc2[cH-]1.C[Si](C)=[Zr+2].Cc1ccc(-c2cccc3[cH-]c(C)cc23)cc1.[Cl-].[Cl-]. The van der Waals surface area contributed by atoms with Gasteiger partial charge in [0, 0.05) is 0 Å². The Kier molecular flexibility index (Phi) is 14.0. The second-order valence-corrected chi connectivity index (χ2v) is 20.0. The molecule has 0 bridgehead atoms. The van der Waals surface area contributed by atoms with Gasteiger partial charge in [0.1, 0.15) is 0 Å². The van der Waals surface area contributed by atoms with E-state index >= 15 is 0 Å². The number of hydrogen-bond donors (Lipinski definition) is 0. The summed E-state index contributed by atoms with van der Waals surface area (Å²) in [6, 6.07) is 39.7. The summed E-state index contributed by atoms with van der Waals surface area (Å²) in [6.07, 6.45) is 1.10. The van der Waals surface area contributed by atoms with Crippen LogP contribution in [0.25, 0.3) is 43.8 Å². The Morgan fingerprint density at radius 2 is 1.02 bits per heavy atom. The molecule has 6 rings (SSSR count). The third kappa shape index (κ3) is 9.39. The second-order valence-electron chi connectivity index (χ2n) is 10.6. The first kappa shape index (κ1) is 35.0. The molecule has 0 saturated heterocycles.